The van der Waals surface area contributed by atoms with Gasteiger partial charge in [-0.05, 0) is 70.9 Å². The van der Waals surface area contributed by atoms with Crippen molar-refractivity contribution in [2.45, 2.75) is 44.6 Å². The molecule has 88 valence electrons. The Hall–Kier alpha value is 0.130. The van der Waals surface area contributed by atoms with Gasteiger partial charge in [-0.3, -0.25) is 0 Å². The van der Waals surface area contributed by atoms with Gasteiger partial charge in [-0.25, -0.2) is 0 Å². The van der Waals surface area contributed by atoms with Gasteiger partial charge >= 0.3 is 0 Å². The van der Waals surface area contributed by atoms with Gasteiger partial charge in [0, 0.05) is 0 Å². The van der Waals surface area contributed by atoms with Gasteiger partial charge in [-0.2, -0.15) is 0 Å². The molecule has 1 aromatic heterocycles. The lowest BCUT2D eigenvalue weighted by Crippen LogP contribution is -2.02. The van der Waals surface area contributed by atoms with Crippen LogP contribution in [0.5, 0.6) is 0 Å². The van der Waals surface area contributed by atoms with Crippen molar-refractivity contribution in [2.75, 3.05) is 0 Å². The number of halogens is 1. The van der Waals surface area contributed by atoms with Crippen molar-refractivity contribution in [3.63, 3.8) is 0 Å². The van der Waals surface area contributed by atoms with Crippen LogP contribution in [-0.2, 0) is 0 Å². The fraction of sp³-hybridized carbons (Fsp3) is 0.538. The van der Waals surface area contributed by atoms with Gasteiger partial charge in [0.05, 0.1) is 2.88 Å². The Balaban J connectivity index is 2.09. The molecule has 1 atom stereocenters. The Labute approximate surface area is 115 Å². The number of hydrogen-bond acceptors (Lipinski definition) is 2. The largest absolute Gasteiger partial charge is 0.384 e. The van der Waals surface area contributed by atoms with Gasteiger partial charge in [0.25, 0.3) is 0 Å². The molecule has 2 rings (SSSR count). The maximum Gasteiger partial charge on any atom is 0.101 e. The van der Waals surface area contributed by atoms with E-state index in [-0.39, 0.29) is 6.10 Å². The number of aliphatic hydroxyl groups is 1. The summed E-state index contributed by atoms with van der Waals surface area (Å²) in [5, 5.41) is 12.4. The zero-order chi connectivity index (χ0) is 11.4. The molecule has 3 heteroatoms. The van der Waals surface area contributed by atoms with Crippen molar-refractivity contribution in [1.82, 2.24) is 0 Å². The standard InChI is InChI=1S/C13H17IOS/c14-12-8-11(9-16-12)13(15)10-6-4-2-1-3-5-7-10/h6,8-9,13,15H,1-5,7H2. The van der Waals surface area contributed by atoms with E-state index in [2.05, 4.69) is 40.1 Å². The molecule has 1 unspecified atom stereocenters. The maximum atomic E-state index is 10.3. The number of rotatable bonds is 2. The first kappa shape index (κ1) is 12.6. The molecule has 1 N–H and O–H groups in total. The fourth-order valence-electron chi connectivity index (χ4n) is 2.15. The molecule has 1 aliphatic rings. The van der Waals surface area contributed by atoms with Crippen LogP contribution in [0.15, 0.2) is 23.1 Å². The first-order valence-electron chi connectivity index (χ1n) is 5.88. The van der Waals surface area contributed by atoms with E-state index in [9.17, 15) is 5.11 Å². The van der Waals surface area contributed by atoms with Crippen LogP contribution in [0.4, 0.5) is 0 Å². The van der Waals surface area contributed by atoms with Gasteiger partial charge < -0.3 is 5.11 Å². The molecule has 16 heavy (non-hydrogen) atoms. The predicted molar refractivity (Wildman–Crippen MR) is 77.8 cm³/mol. The topological polar surface area (TPSA) is 20.2 Å². The lowest BCUT2D eigenvalue weighted by molar-refractivity contribution is 0.209. The molecular weight excluding hydrogens is 331 g/mol. The average molecular weight is 348 g/mol. The maximum absolute atomic E-state index is 10.3. The van der Waals surface area contributed by atoms with Gasteiger partial charge in [0.2, 0.25) is 0 Å². The minimum Gasteiger partial charge on any atom is -0.384 e. The zero-order valence-corrected chi connectivity index (χ0v) is 12.3. The highest BCUT2D eigenvalue weighted by Gasteiger charge is 2.15. The van der Waals surface area contributed by atoms with E-state index in [0.29, 0.717) is 0 Å². The molecule has 1 nitrogen and oxygen atoms in total. The molecule has 1 heterocycles. The predicted octanol–water partition coefficient (Wildman–Crippen LogP) is 4.67. The number of allylic oxidation sites excluding steroid dienone is 1. The van der Waals surface area contributed by atoms with Crippen molar-refractivity contribution >= 4 is 33.9 Å². The Morgan fingerprint density at radius 1 is 1.25 bits per heavy atom. The SMILES string of the molecule is OC(C1=CCCCCCC1)c1csc(I)c1. The fourth-order valence-corrected chi connectivity index (χ4v) is 3.54. The third-order valence-electron chi connectivity index (χ3n) is 3.08. The highest BCUT2D eigenvalue weighted by Crippen LogP contribution is 2.31. The summed E-state index contributed by atoms with van der Waals surface area (Å²) in [7, 11) is 0. The first-order valence-corrected chi connectivity index (χ1v) is 7.84. The average Bonchev–Trinajstić information content (AvgIpc) is 2.63. The molecule has 0 saturated heterocycles. The van der Waals surface area contributed by atoms with Crippen LogP contribution in [0.3, 0.4) is 0 Å². The highest BCUT2D eigenvalue weighted by atomic mass is 127. The van der Waals surface area contributed by atoms with Gasteiger partial charge in [-0.1, -0.05) is 18.9 Å². The number of hydrogen-bond donors (Lipinski definition) is 1. The molecule has 0 aromatic carbocycles. The molecular formula is C13H17IOS. The lowest BCUT2D eigenvalue weighted by Gasteiger charge is -2.16. The molecule has 0 saturated carbocycles. The molecule has 0 aliphatic heterocycles. The van der Waals surface area contributed by atoms with Gasteiger partial charge in [-0.15, -0.1) is 11.3 Å². The van der Waals surface area contributed by atoms with E-state index in [4.69, 9.17) is 0 Å². The molecule has 0 radical (unpaired) electrons. The van der Waals surface area contributed by atoms with Crippen molar-refractivity contribution in [3.8, 4) is 0 Å². The third kappa shape index (κ3) is 3.31. The van der Waals surface area contributed by atoms with E-state index in [1.807, 2.05) is 0 Å². The van der Waals surface area contributed by atoms with Gasteiger partial charge in [0.1, 0.15) is 6.10 Å². The monoisotopic (exact) mass is 348 g/mol. The molecule has 1 aromatic rings. The zero-order valence-electron chi connectivity index (χ0n) is 9.29. The van der Waals surface area contributed by atoms with Crippen LogP contribution >= 0.6 is 33.9 Å². The minimum absolute atomic E-state index is 0.363. The second kappa shape index (κ2) is 6.17. The normalized spacial score (nSPS) is 19.8. The van der Waals surface area contributed by atoms with Crippen molar-refractivity contribution in [3.05, 3.63) is 31.5 Å². The Morgan fingerprint density at radius 3 is 2.81 bits per heavy atom. The third-order valence-corrected chi connectivity index (χ3v) is 4.89. The van der Waals surface area contributed by atoms with Crippen LogP contribution in [0.1, 0.15) is 50.2 Å². The van der Waals surface area contributed by atoms with Gasteiger partial charge in [0.15, 0.2) is 0 Å². The quantitative estimate of drug-likeness (QED) is 0.608. The summed E-state index contributed by atoms with van der Waals surface area (Å²) in [6.45, 7) is 0. The number of aliphatic hydroxyl groups excluding tert-OH is 1. The summed E-state index contributed by atoms with van der Waals surface area (Å²) in [6, 6.07) is 2.09. The van der Waals surface area contributed by atoms with Crippen molar-refractivity contribution in [2.24, 2.45) is 0 Å². The van der Waals surface area contributed by atoms with Crippen LogP contribution in [0, 0.1) is 2.88 Å². The van der Waals surface area contributed by atoms with Crippen molar-refractivity contribution in [1.29, 1.82) is 0 Å². The molecule has 1 aliphatic carbocycles. The smallest absolute Gasteiger partial charge is 0.101 e. The summed E-state index contributed by atoms with van der Waals surface area (Å²) < 4.78 is 1.25. The highest BCUT2D eigenvalue weighted by molar-refractivity contribution is 14.1. The Morgan fingerprint density at radius 2 is 2.06 bits per heavy atom. The van der Waals surface area contributed by atoms with Crippen LogP contribution in [-0.4, -0.2) is 5.11 Å². The molecule has 0 spiro atoms. The number of thiophene rings is 1. The molecule has 0 bridgehead atoms. The van der Waals surface area contributed by atoms with Crippen LogP contribution < -0.4 is 0 Å². The Bertz CT molecular complexity index is 370. The first-order chi connectivity index (χ1) is 7.77. The lowest BCUT2D eigenvalue weighted by atomic mass is 9.94. The summed E-state index contributed by atoms with van der Waals surface area (Å²) in [4.78, 5) is 0. The second-order valence-corrected chi connectivity index (χ2v) is 7.12. The Kier molecular flexibility index (Phi) is 4.85. The summed E-state index contributed by atoms with van der Waals surface area (Å²) in [6.07, 6.45) is 9.25. The van der Waals surface area contributed by atoms with E-state index in [1.54, 1.807) is 11.3 Å². The van der Waals surface area contributed by atoms with Crippen molar-refractivity contribution < 1.29 is 5.11 Å². The molecule has 0 fully saturated rings. The van der Waals surface area contributed by atoms with E-state index < -0.39 is 0 Å². The summed E-state index contributed by atoms with van der Waals surface area (Å²) >= 11 is 4.01. The summed E-state index contributed by atoms with van der Waals surface area (Å²) in [5.74, 6) is 0. The summed E-state index contributed by atoms with van der Waals surface area (Å²) in [5.41, 5.74) is 2.30. The van der Waals surface area contributed by atoms with Crippen LogP contribution in [0.25, 0.3) is 0 Å². The second-order valence-electron chi connectivity index (χ2n) is 4.32. The molecule has 0 amide bonds. The van der Waals surface area contributed by atoms with E-state index in [1.165, 1.54) is 34.1 Å². The van der Waals surface area contributed by atoms with E-state index in [0.717, 1.165) is 18.4 Å². The minimum atomic E-state index is -0.363. The van der Waals surface area contributed by atoms with Crippen LogP contribution in [0.2, 0.25) is 0 Å². The van der Waals surface area contributed by atoms with E-state index >= 15 is 0 Å².